The molecule has 2 aliphatic rings. The first-order valence-electron chi connectivity index (χ1n) is 7.83. The molecule has 6 heteroatoms. The van der Waals surface area contributed by atoms with Crippen molar-refractivity contribution in [2.45, 2.75) is 57.9 Å². The fourth-order valence-corrected chi connectivity index (χ4v) is 5.62. The number of hydrogen-bond acceptors (Lipinski definition) is 3. The van der Waals surface area contributed by atoms with Crippen LogP contribution in [0.4, 0.5) is 0 Å². The zero-order valence-corrected chi connectivity index (χ0v) is 14.1. The lowest BCUT2D eigenvalue weighted by Crippen LogP contribution is -2.44. The summed E-state index contributed by atoms with van der Waals surface area (Å²) in [5.74, 6) is 0.774. The Balaban J connectivity index is 0.00000200. The molecule has 1 saturated carbocycles. The Bertz CT molecular complexity index is 363. The molecule has 0 aromatic carbocycles. The maximum atomic E-state index is 12.7. The van der Waals surface area contributed by atoms with Crippen LogP contribution < -0.4 is 5.32 Å². The summed E-state index contributed by atoms with van der Waals surface area (Å²) >= 11 is 0. The quantitative estimate of drug-likeness (QED) is 0.816. The Labute approximate surface area is 130 Å². The molecule has 1 aliphatic carbocycles. The number of nitrogens with one attached hydrogen (secondary N) is 1. The summed E-state index contributed by atoms with van der Waals surface area (Å²) in [6.45, 7) is 4.51. The SMILES string of the molecule is CCCN(C1CCNC1)S(=O)(=O)CC1CCCCC1.Cl. The van der Waals surface area contributed by atoms with Gasteiger partial charge in [0.1, 0.15) is 0 Å². The molecule has 0 amide bonds. The van der Waals surface area contributed by atoms with Gasteiger partial charge in [-0.05, 0) is 38.1 Å². The van der Waals surface area contributed by atoms with E-state index in [2.05, 4.69) is 12.2 Å². The van der Waals surface area contributed by atoms with Crippen molar-refractivity contribution in [1.82, 2.24) is 9.62 Å². The normalized spacial score (nSPS) is 24.8. The summed E-state index contributed by atoms with van der Waals surface area (Å²) in [7, 11) is -3.07. The molecule has 4 nitrogen and oxygen atoms in total. The van der Waals surface area contributed by atoms with Crippen LogP contribution in [0.3, 0.4) is 0 Å². The van der Waals surface area contributed by atoms with Gasteiger partial charge < -0.3 is 5.32 Å². The van der Waals surface area contributed by atoms with Crippen LogP contribution in [0.15, 0.2) is 0 Å². The van der Waals surface area contributed by atoms with E-state index in [1.165, 1.54) is 19.3 Å². The minimum Gasteiger partial charge on any atom is -0.315 e. The maximum absolute atomic E-state index is 12.7. The summed E-state index contributed by atoms with van der Waals surface area (Å²) in [6.07, 6.45) is 7.76. The lowest BCUT2D eigenvalue weighted by atomic mass is 9.91. The highest BCUT2D eigenvalue weighted by molar-refractivity contribution is 7.89. The van der Waals surface area contributed by atoms with E-state index in [0.29, 0.717) is 18.2 Å². The van der Waals surface area contributed by atoms with E-state index in [1.807, 2.05) is 0 Å². The minimum absolute atomic E-state index is 0. The first-order valence-corrected chi connectivity index (χ1v) is 9.44. The molecule has 0 spiro atoms. The average molecular weight is 325 g/mol. The first-order chi connectivity index (χ1) is 9.13. The fourth-order valence-electron chi connectivity index (χ4n) is 3.40. The molecule has 1 heterocycles. The molecule has 1 atom stereocenters. The predicted molar refractivity (Wildman–Crippen MR) is 85.9 cm³/mol. The molecule has 1 aliphatic heterocycles. The Kier molecular flexibility index (Phi) is 7.80. The molecule has 120 valence electrons. The van der Waals surface area contributed by atoms with Crippen molar-refractivity contribution >= 4 is 22.4 Å². The Morgan fingerprint density at radius 1 is 1.15 bits per heavy atom. The number of sulfonamides is 1. The van der Waals surface area contributed by atoms with Crippen LogP contribution in [-0.2, 0) is 10.0 Å². The van der Waals surface area contributed by atoms with E-state index in [0.717, 1.165) is 38.8 Å². The summed E-state index contributed by atoms with van der Waals surface area (Å²) < 4.78 is 27.1. The van der Waals surface area contributed by atoms with E-state index in [1.54, 1.807) is 4.31 Å². The molecule has 0 aromatic heterocycles. The summed E-state index contributed by atoms with van der Waals surface area (Å²) in [5, 5.41) is 3.28. The molecule has 2 rings (SSSR count). The number of halogens is 1. The molecular weight excluding hydrogens is 296 g/mol. The fraction of sp³-hybridized carbons (Fsp3) is 1.00. The summed E-state index contributed by atoms with van der Waals surface area (Å²) in [4.78, 5) is 0. The molecule has 0 aromatic rings. The Hall–Kier alpha value is 0.160. The van der Waals surface area contributed by atoms with Gasteiger partial charge in [-0.25, -0.2) is 8.42 Å². The van der Waals surface area contributed by atoms with Crippen LogP contribution in [0, 0.1) is 5.92 Å². The van der Waals surface area contributed by atoms with Gasteiger partial charge >= 0.3 is 0 Å². The molecule has 0 bridgehead atoms. The number of nitrogens with zero attached hydrogens (tertiary/aromatic N) is 1. The largest absolute Gasteiger partial charge is 0.315 e. The zero-order chi connectivity index (χ0) is 13.7. The van der Waals surface area contributed by atoms with Crippen LogP contribution in [0.5, 0.6) is 0 Å². The second-order valence-corrected chi connectivity index (χ2v) is 8.01. The van der Waals surface area contributed by atoms with Gasteiger partial charge in [-0.1, -0.05) is 26.2 Å². The highest BCUT2D eigenvalue weighted by Gasteiger charge is 2.33. The van der Waals surface area contributed by atoms with Gasteiger partial charge in [0.2, 0.25) is 10.0 Å². The maximum Gasteiger partial charge on any atom is 0.214 e. The van der Waals surface area contributed by atoms with Crippen molar-refractivity contribution in [2.75, 3.05) is 25.4 Å². The van der Waals surface area contributed by atoms with Crippen LogP contribution >= 0.6 is 12.4 Å². The van der Waals surface area contributed by atoms with Crippen LogP contribution in [0.25, 0.3) is 0 Å². The van der Waals surface area contributed by atoms with Crippen molar-refractivity contribution < 1.29 is 8.42 Å². The zero-order valence-electron chi connectivity index (χ0n) is 12.5. The second kappa shape index (κ2) is 8.57. The highest BCUT2D eigenvalue weighted by Crippen LogP contribution is 2.27. The van der Waals surface area contributed by atoms with Crippen molar-refractivity contribution in [3.8, 4) is 0 Å². The van der Waals surface area contributed by atoms with E-state index >= 15 is 0 Å². The standard InChI is InChI=1S/C14H28N2O2S.ClH/c1-2-10-16(14-8-9-15-11-14)19(17,18)12-13-6-4-3-5-7-13;/h13-15H,2-12H2,1H3;1H. The van der Waals surface area contributed by atoms with E-state index < -0.39 is 10.0 Å². The predicted octanol–water partition coefficient (Wildman–Crippen LogP) is 2.39. The van der Waals surface area contributed by atoms with Crippen molar-refractivity contribution in [1.29, 1.82) is 0 Å². The van der Waals surface area contributed by atoms with Gasteiger partial charge in [-0.3, -0.25) is 0 Å². The lowest BCUT2D eigenvalue weighted by Gasteiger charge is -2.30. The lowest BCUT2D eigenvalue weighted by molar-refractivity contribution is 0.323. The highest BCUT2D eigenvalue weighted by atomic mass is 35.5. The van der Waals surface area contributed by atoms with Gasteiger partial charge in [0, 0.05) is 19.1 Å². The minimum atomic E-state index is -3.07. The van der Waals surface area contributed by atoms with E-state index in [-0.39, 0.29) is 18.4 Å². The van der Waals surface area contributed by atoms with Gasteiger partial charge in [0.15, 0.2) is 0 Å². The van der Waals surface area contributed by atoms with Crippen LogP contribution in [0.1, 0.15) is 51.9 Å². The third-order valence-electron chi connectivity index (χ3n) is 4.41. The molecule has 0 radical (unpaired) electrons. The number of rotatable bonds is 6. The van der Waals surface area contributed by atoms with E-state index in [4.69, 9.17) is 0 Å². The smallest absolute Gasteiger partial charge is 0.214 e. The first kappa shape index (κ1) is 18.2. The molecule has 1 N–H and O–H groups in total. The molecule has 1 saturated heterocycles. The van der Waals surface area contributed by atoms with Crippen molar-refractivity contribution in [3.63, 3.8) is 0 Å². The average Bonchev–Trinajstić information content (AvgIpc) is 2.90. The van der Waals surface area contributed by atoms with Crippen molar-refractivity contribution in [2.24, 2.45) is 5.92 Å². The Morgan fingerprint density at radius 3 is 2.40 bits per heavy atom. The Morgan fingerprint density at radius 2 is 1.85 bits per heavy atom. The molecule has 20 heavy (non-hydrogen) atoms. The monoisotopic (exact) mass is 324 g/mol. The molecule has 1 unspecified atom stereocenters. The summed E-state index contributed by atoms with van der Waals surface area (Å²) in [5.41, 5.74) is 0. The second-order valence-electron chi connectivity index (χ2n) is 6.04. The van der Waals surface area contributed by atoms with E-state index in [9.17, 15) is 8.42 Å². The van der Waals surface area contributed by atoms with Gasteiger partial charge in [-0.2, -0.15) is 4.31 Å². The van der Waals surface area contributed by atoms with Gasteiger partial charge in [0.05, 0.1) is 5.75 Å². The third kappa shape index (κ3) is 4.86. The van der Waals surface area contributed by atoms with Gasteiger partial charge in [0.25, 0.3) is 0 Å². The van der Waals surface area contributed by atoms with Gasteiger partial charge in [-0.15, -0.1) is 12.4 Å². The van der Waals surface area contributed by atoms with Crippen LogP contribution in [-0.4, -0.2) is 44.2 Å². The van der Waals surface area contributed by atoms with Crippen molar-refractivity contribution in [3.05, 3.63) is 0 Å². The third-order valence-corrected chi connectivity index (χ3v) is 6.50. The topological polar surface area (TPSA) is 49.4 Å². The molecule has 2 fully saturated rings. The van der Waals surface area contributed by atoms with Crippen LogP contribution in [0.2, 0.25) is 0 Å². The molecular formula is C14H29ClN2O2S. The number of hydrogen-bond donors (Lipinski definition) is 1. The summed E-state index contributed by atoms with van der Waals surface area (Å²) in [6, 6.07) is 0.188.